The fourth-order valence-electron chi connectivity index (χ4n) is 2.29. The topological polar surface area (TPSA) is 64.0 Å². The summed E-state index contributed by atoms with van der Waals surface area (Å²) in [5, 5.41) is 4.92. The molecule has 8 heteroatoms. The normalized spacial score (nSPS) is 11.5. The maximum absolute atomic E-state index is 13.0. The highest BCUT2D eigenvalue weighted by Gasteiger charge is 2.16. The summed E-state index contributed by atoms with van der Waals surface area (Å²) in [4.78, 5) is -0.0289. The van der Waals surface area contributed by atoms with Crippen LogP contribution in [0.25, 0.3) is 0 Å². The van der Waals surface area contributed by atoms with Crippen molar-refractivity contribution in [3.05, 3.63) is 76.7 Å². The van der Waals surface area contributed by atoms with E-state index < -0.39 is 15.8 Å². The number of aromatic nitrogens is 2. The molecule has 0 unspecified atom stereocenters. The van der Waals surface area contributed by atoms with Gasteiger partial charge in [-0.15, -0.1) is 0 Å². The Kier molecular flexibility index (Phi) is 4.78. The Morgan fingerprint density at radius 2 is 1.76 bits per heavy atom. The first-order valence-electron chi connectivity index (χ1n) is 7.41. The lowest BCUT2D eigenvalue weighted by molar-refractivity contribution is 0.599. The number of aryl methyl sites for hydroxylation is 1. The van der Waals surface area contributed by atoms with Crippen molar-refractivity contribution < 1.29 is 12.8 Å². The van der Waals surface area contributed by atoms with E-state index >= 15 is 0 Å². The monoisotopic (exact) mass is 379 g/mol. The van der Waals surface area contributed by atoms with Gasteiger partial charge in [-0.1, -0.05) is 23.7 Å². The van der Waals surface area contributed by atoms with Crippen LogP contribution >= 0.6 is 11.6 Å². The van der Waals surface area contributed by atoms with Crippen molar-refractivity contribution >= 4 is 27.4 Å². The van der Waals surface area contributed by atoms with Crippen molar-refractivity contribution in [1.82, 2.24) is 9.78 Å². The van der Waals surface area contributed by atoms with Crippen molar-refractivity contribution in [2.75, 3.05) is 4.72 Å². The van der Waals surface area contributed by atoms with Crippen LogP contribution in [-0.4, -0.2) is 18.2 Å². The van der Waals surface area contributed by atoms with Crippen molar-refractivity contribution in [2.24, 2.45) is 0 Å². The molecule has 0 fully saturated rings. The molecule has 2 aromatic carbocycles. The largest absolute Gasteiger partial charge is 0.263 e. The van der Waals surface area contributed by atoms with Crippen LogP contribution in [-0.2, 0) is 16.6 Å². The summed E-state index contributed by atoms with van der Waals surface area (Å²) in [6.07, 6.45) is 0. The first-order chi connectivity index (χ1) is 11.8. The van der Waals surface area contributed by atoms with Crippen LogP contribution in [0.2, 0.25) is 5.02 Å². The number of rotatable bonds is 5. The summed E-state index contributed by atoms with van der Waals surface area (Å²) in [7, 11) is -3.82. The Morgan fingerprint density at radius 1 is 1.12 bits per heavy atom. The molecule has 25 heavy (non-hydrogen) atoms. The van der Waals surface area contributed by atoms with Crippen molar-refractivity contribution in [3.63, 3.8) is 0 Å². The molecule has 130 valence electrons. The van der Waals surface area contributed by atoms with E-state index in [-0.39, 0.29) is 10.7 Å². The van der Waals surface area contributed by atoms with Gasteiger partial charge < -0.3 is 0 Å². The Bertz CT molecular complexity index is 984. The van der Waals surface area contributed by atoms with Gasteiger partial charge in [-0.2, -0.15) is 5.10 Å². The van der Waals surface area contributed by atoms with E-state index in [1.54, 1.807) is 22.9 Å². The molecular formula is C17H15ClFN3O2S. The maximum atomic E-state index is 13.0. The number of halogens is 2. The molecule has 0 spiro atoms. The van der Waals surface area contributed by atoms with Crippen LogP contribution in [0.15, 0.2) is 59.5 Å². The minimum atomic E-state index is -3.82. The molecule has 5 nitrogen and oxygen atoms in total. The van der Waals surface area contributed by atoms with E-state index in [1.165, 1.54) is 12.1 Å². The Morgan fingerprint density at radius 3 is 2.40 bits per heavy atom. The second-order valence-corrected chi connectivity index (χ2v) is 7.63. The zero-order valence-corrected chi connectivity index (χ0v) is 14.9. The smallest absolute Gasteiger partial charge is 0.263 e. The van der Waals surface area contributed by atoms with Gasteiger partial charge >= 0.3 is 0 Å². The number of sulfonamides is 1. The minimum Gasteiger partial charge on any atom is -0.263 e. The van der Waals surface area contributed by atoms with Gasteiger partial charge in [0.1, 0.15) is 5.82 Å². The Hall–Kier alpha value is -2.38. The quantitative estimate of drug-likeness (QED) is 0.732. The summed E-state index contributed by atoms with van der Waals surface area (Å²) >= 11 is 5.87. The first kappa shape index (κ1) is 17.4. The molecule has 3 rings (SSSR count). The highest BCUT2D eigenvalue weighted by molar-refractivity contribution is 7.92. The first-order valence-corrected chi connectivity index (χ1v) is 9.27. The zero-order chi connectivity index (χ0) is 18.0. The average molecular weight is 380 g/mol. The van der Waals surface area contributed by atoms with Crippen LogP contribution in [0.1, 0.15) is 11.3 Å². The molecule has 0 aliphatic carbocycles. The lowest BCUT2D eigenvalue weighted by atomic mass is 10.2. The number of nitrogens with one attached hydrogen (secondary N) is 1. The molecule has 1 heterocycles. The minimum absolute atomic E-state index is 0.0289. The predicted octanol–water partition coefficient (Wildman–Crippen LogP) is 3.83. The Balaban J connectivity index is 1.80. The summed E-state index contributed by atoms with van der Waals surface area (Å²) in [6.45, 7) is 2.32. The van der Waals surface area contributed by atoms with Crippen LogP contribution in [0.5, 0.6) is 0 Å². The SMILES string of the molecule is Cc1cc(NS(=O)(=O)c2ccc(F)cc2)nn1Cc1ccc(Cl)cc1. The molecule has 1 N–H and O–H groups in total. The standard InChI is InChI=1S/C17H15ClFN3O2S/c1-12-10-17(20-22(12)11-13-2-4-14(18)5-3-13)21-25(23,24)16-8-6-15(19)7-9-16/h2-10H,11H2,1H3,(H,20,21). The van der Waals surface area contributed by atoms with Crippen LogP contribution in [0.3, 0.4) is 0 Å². The molecule has 0 saturated carbocycles. The van der Waals surface area contributed by atoms with Gasteiger partial charge in [0.25, 0.3) is 10.0 Å². The molecular weight excluding hydrogens is 365 g/mol. The fourth-order valence-corrected chi connectivity index (χ4v) is 3.41. The third-order valence-corrected chi connectivity index (χ3v) is 5.21. The zero-order valence-electron chi connectivity index (χ0n) is 13.3. The number of nitrogens with zero attached hydrogens (tertiary/aromatic N) is 2. The molecule has 0 bridgehead atoms. The molecule has 0 atom stereocenters. The van der Waals surface area contributed by atoms with Crippen LogP contribution in [0, 0.1) is 12.7 Å². The maximum Gasteiger partial charge on any atom is 0.263 e. The highest BCUT2D eigenvalue weighted by atomic mass is 35.5. The summed E-state index contributed by atoms with van der Waals surface area (Å²) < 4.78 is 41.7. The summed E-state index contributed by atoms with van der Waals surface area (Å²) in [6, 6.07) is 13.6. The lowest BCUT2D eigenvalue weighted by Crippen LogP contribution is -2.14. The molecule has 0 radical (unpaired) electrons. The molecule has 1 aromatic heterocycles. The summed E-state index contributed by atoms with van der Waals surface area (Å²) in [5.74, 6) is -0.294. The van der Waals surface area contributed by atoms with Crippen molar-refractivity contribution in [1.29, 1.82) is 0 Å². The average Bonchev–Trinajstić information content (AvgIpc) is 2.88. The third-order valence-electron chi connectivity index (χ3n) is 3.59. The van der Waals surface area contributed by atoms with Gasteiger partial charge in [-0.25, -0.2) is 12.8 Å². The van der Waals surface area contributed by atoms with E-state index in [0.29, 0.717) is 11.6 Å². The molecule has 3 aromatic rings. The summed E-state index contributed by atoms with van der Waals surface area (Å²) in [5.41, 5.74) is 1.79. The van der Waals surface area contributed by atoms with Gasteiger partial charge in [0.05, 0.1) is 11.4 Å². The van der Waals surface area contributed by atoms with Gasteiger partial charge in [-0.05, 0) is 48.9 Å². The van der Waals surface area contributed by atoms with E-state index in [1.807, 2.05) is 19.1 Å². The number of anilines is 1. The molecule has 0 aliphatic rings. The van der Waals surface area contributed by atoms with E-state index in [4.69, 9.17) is 11.6 Å². The van der Waals surface area contributed by atoms with Crippen LogP contribution in [0.4, 0.5) is 10.2 Å². The van der Waals surface area contributed by atoms with E-state index in [9.17, 15) is 12.8 Å². The van der Waals surface area contributed by atoms with Gasteiger partial charge in [0.2, 0.25) is 0 Å². The van der Waals surface area contributed by atoms with Gasteiger partial charge in [0.15, 0.2) is 5.82 Å². The second kappa shape index (κ2) is 6.85. The van der Waals surface area contributed by atoms with E-state index in [0.717, 1.165) is 23.4 Å². The lowest BCUT2D eigenvalue weighted by Gasteiger charge is -2.06. The molecule has 0 aliphatic heterocycles. The van der Waals surface area contributed by atoms with Gasteiger partial charge in [0, 0.05) is 16.8 Å². The predicted molar refractivity (Wildman–Crippen MR) is 94.7 cm³/mol. The second-order valence-electron chi connectivity index (χ2n) is 5.51. The third kappa shape index (κ3) is 4.18. The van der Waals surface area contributed by atoms with Crippen molar-refractivity contribution in [3.8, 4) is 0 Å². The number of hydrogen-bond donors (Lipinski definition) is 1. The van der Waals surface area contributed by atoms with Gasteiger partial charge in [-0.3, -0.25) is 9.40 Å². The number of benzene rings is 2. The fraction of sp³-hybridized carbons (Fsp3) is 0.118. The Labute approximate surface area is 150 Å². The van der Waals surface area contributed by atoms with Crippen LogP contribution < -0.4 is 4.72 Å². The molecule has 0 saturated heterocycles. The molecule has 0 amide bonds. The number of hydrogen-bond acceptors (Lipinski definition) is 3. The van der Waals surface area contributed by atoms with E-state index in [2.05, 4.69) is 9.82 Å². The van der Waals surface area contributed by atoms with Crippen molar-refractivity contribution in [2.45, 2.75) is 18.4 Å². The highest BCUT2D eigenvalue weighted by Crippen LogP contribution is 2.18.